The third-order valence-corrected chi connectivity index (χ3v) is 4.13. The smallest absolute Gasteiger partial charge is 0.410 e. The van der Waals surface area contributed by atoms with E-state index >= 15 is 0 Å². The van der Waals surface area contributed by atoms with Gasteiger partial charge in [0.2, 0.25) is 0 Å². The Morgan fingerprint density at radius 3 is 2.35 bits per heavy atom. The van der Waals surface area contributed by atoms with E-state index in [0.29, 0.717) is 18.0 Å². The van der Waals surface area contributed by atoms with Crippen molar-refractivity contribution in [1.29, 1.82) is 0 Å². The first-order chi connectivity index (χ1) is 10.8. The Balaban J connectivity index is 2.47. The van der Waals surface area contributed by atoms with Crippen LogP contribution in [0.25, 0.3) is 0 Å². The highest BCUT2D eigenvalue weighted by Gasteiger charge is 2.27. The summed E-state index contributed by atoms with van der Waals surface area (Å²) in [6.07, 6.45) is 8.67. The number of ether oxygens (including phenoxy) is 1. The maximum absolute atomic E-state index is 12.2. The number of hydrogen-bond acceptors (Lipinski definition) is 4. The van der Waals surface area contributed by atoms with Gasteiger partial charge in [-0.15, -0.1) is 11.8 Å². The van der Waals surface area contributed by atoms with Gasteiger partial charge in [-0.05, 0) is 52.9 Å². The molecule has 0 aromatic rings. The number of likely N-dealkylation sites (tertiary alicyclic amines) is 1. The lowest BCUT2D eigenvalue weighted by Gasteiger charge is -2.33. The largest absolute Gasteiger partial charge is 0.444 e. The maximum atomic E-state index is 12.2. The second-order valence-electron chi connectivity index (χ2n) is 6.48. The first kappa shape index (κ1) is 19.6. The molecular formula is C17H28N2O3S. The van der Waals surface area contributed by atoms with Gasteiger partial charge >= 0.3 is 6.09 Å². The summed E-state index contributed by atoms with van der Waals surface area (Å²) in [5, 5.41) is 3.05. The second kappa shape index (κ2) is 9.01. The van der Waals surface area contributed by atoms with Crippen LogP contribution in [0.15, 0.2) is 23.1 Å². The molecule has 23 heavy (non-hydrogen) atoms. The fraction of sp³-hybridized carbons (Fsp3) is 0.647. The lowest BCUT2D eigenvalue weighted by molar-refractivity contribution is -0.117. The minimum absolute atomic E-state index is 0.0497. The van der Waals surface area contributed by atoms with Crippen LogP contribution in [0.5, 0.6) is 0 Å². The first-order valence-electron chi connectivity index (χ1n) is 7.92. The standard InChI is InChI=1S/C17H28N2O3S/c1-6-7-8-14(23-5)15(20)18-13-9-11-19(12-10-13)16(21)22-17(2,3)4/h6-8,13H,9-12H2,1-5H3,(H,18,20)/b7-6+,14-8-. The Morgan fingerprint density at radius 1 is 1.26 bits per heavy atom. The molecular weight excluding hydrogens is 312 g/mol. The molecule has 1 saturated heterocycles. The third-order valence-electron chi connectivity index (χ3n) is 3.37. The molecule has 0 bridgehead atoms. The molecule has 5 nitrogen and oxygen atoms in total. The molecule has 1 N–H and O–H groups in total. The zero-order valence-electron chi connectivity index (χ0n) is 14.7. The van der Waals surface area contributed by atoms with Crippen LogP contribution in [-0.2, 0) is 9.53 Å². The highest BCUT2D eigenvalue weighted by Crippen LogP contribution is 2.17. The normalized spacial score (nSPS) is 17.4. The molecule has 0 aliphatic carbocycles. The van der Waals surface area contributed by atoms with Gasteiger partial charge < -0.3 is 15.0 Å². The van der Waals surface area contributed by atoms with Gasteiger partial charge in [-0.3, -0.25) is 4.79 Å². The molecule has 2 amide bonds. The lowest BCUT2D eigenvalue weighted by Crippen LogP contribution is -2.47. The molecule has 6 heteroatoms. The summed E-state index contributed by atoms with van der Waals surface area (Å²) in [7, 11) is 0. The van der Waals surface area contributed by atoms with E-state index in [1.807, 2.05) is 52.2 Å². The fourth-order valence-corrected chi connectivity index (χ4v) is 2.67. The Morgan fingerprint density at radius 2 is 1.87 bits per heavy atom. The van der Waals surface area contributed by atoms with Crippen molar-refractivity contribution in [2.45, 2.75) is 52.2 Å². The molecule has 1 aliphatic heterocycles. The van der Waals surface area contributed by atoms with E-state index in [2.05, 4.69) is 5.32 Å². The summed E-state index contributed by atoms with van der Waals surface area (Å²) < 4.78 is 5.37. The van der Waals surface area contributed by atoms with E-state index in [1.54, 1.807) is 4.90 Å². The molecule has 0 atom stereocenters. The molecule has 0 aromatic heterocycles. The van der Waals surface area contributed by atoms with Gasteiger partial charge in [-0.2, -0.15) is 0 Å². The van der Waals surface area contributed by atoms with Crippen LogP contribution in [0.4, 0.5) is 4.79 Å². The van der Waals surface area contributed by atoms with E-state index in [9.17, 15) is 9.59 Å². The van der Waals surface area contributed by atoms with Crippen molar-refractivity contribution in [3.8, 4) is 0 Å². The van der Waals surface area contributed by atoms with Crippen LogP contribution >= 0.6 is 11.8 Å². The van der Waals surface area contributed by atoms with Crippen LogP contribution in [-0.4, -0.2) is 47.9 Å². The van der Waals surface area contributed by atoms with Crippen LogP contribution in [0, 0.1) is 0 Å². The highest BCUT2D eigenvalue weighted by molar-refractivity contribution is 8.03. The molecule has 1 fully saturated rings. The molecule has 130 valence electrons. The summed E-state index contributed by atoms with van der Waals surface area (Å²) >= 11 is 1.43. The number of carbonyl (C=O) groups excluding carboxylic acids is 2. The number of amides is 2. The van der Waals surface area contributed by atoms with E-state index in [0.717, 1.165) is 12.8 Å². The number of allylic oxidation sites excluding steroid dienone is 3. The number of hydrogen-bond donors (Lipinski definition) is 1. The molecule has 1 aliphatic rings. The van der Waals surface area contributed by atoms with Crippen LogP contribution in [0.3, 0.4) is 0 Å². The van der Waals surface area contributed by atoms with Crippen molar-refractivity contribution in [3.63, 3.8) is 0 Å². The van der Waals surface area contributed by atoms with Crippen molar-refractivity contribution in [2.24, 2.45) is 0 Å². The Hall–Kier alpha value is -1.43. The van der Waals surface area contributed by atoms with Gasteiger partial charge in [0.15, 0.2) is 0 Å². The zero-order chi connectivity index (χ0) is 17.5. The molecule has 0 unspecified atom stereocenters. The SMILES string of the molecule is C/C=C/C=C(\SC)C(=O)NC1CCN(C(=O)OC(C)(C)C)CC1. The summed E-state index contributed by atoms with van der Waals surface area (Å²) in [6, 6.07) is 0.0994. The Bertz CT molecular complexity index is 473. The molecule has 0 spiro atoms. The van der Waals surface area contributed by atoms with Crippen molar-refractivity contribution >= 4 is 23.8 Å². The van der Waals surface area contributed by atoms with Crippen LogP contribution in [0.2, 0.25) is 0 Å². The third kappa shape index (κ3) is 7.12. The summed E-state index contributed by atoms with van der Waals surface area (Å²) in [5.41, 5.74) is -0.479. The van der Waals surface area contributed by atoms with Gasteiger partial charge in [0, 0.05) is 19.1 Å². The van der Waals surface area contributed by atoms with Gasteiger partial charge in [0.25, 0.3) is 5.91 Å². The lowest BCUT2D eigenvalue weighted by atomic mass is 10.1. The predicted octanol–water partition coefficient (Wildman–Crippen LogP) is 3.33. The number of rotatable bonds is 4. The van der Waals surface area contributed by atoms with Crippen LogP contribution in [0.1, 0.15) is 40.5 Å². The van der Waals surface area contributed by atoms with E-state index in [-0.39, 0.29) is 18.0 Å². The average Bonchev–Trinajstić information content (AvgIpc) is 2.47. The molecule has 0 aromatic carbocycles. The quantitative estimate of drug-likeness (QED) is 0.630. The van der Waals surface area contributed by atoms with Crippen molar-refractivity contribution in [1.82, 2.24) is 10.2 Å². The van der Waals surface area contributed by atoms with Crippen molar-refractivity contribution < 1.29 is 14.3 Å². The van der Waals surface area contributed by atoms with Gasteiger partial charge in [0.1, 0.15) is 5.60 Å². The number of nitrogens with one attached hydrogen (secondary N) is 1. The van der Waals surface area contributed by atoms with E-state index in [1.165, 1.54) is 11.8 Å². The minimum Gasteiger partial charge on any atom is -0.444 e. The van der Waals surface area contributed by atoms with Gasteiger partial charge in [-0.1, -0.05) is 12.2 Å². The number of piperidine rings is 1. The molecule has 0 radical (unpaired) electrons. The summed E-state index contributed by atoms with van der Waals surface area (Å²) in [5.74, 6) is -0.0497. The predicted molar refractivity (Wildman–Crippen MR) is 95.4 cm³/mol. The fourth-order valence-electron chi connectivity index (χ4n) is 2.21. The Labute approximate surface area is 143 Å². The molecule has 0 saturated carbocycles. The second-order valence-corrected chi connectivity index (χ2v) is 7.32. The van der Waals surface area contributed by atoms with E-state index < -0.39 is 5.60 Å². The monoisotopic (exact) mass is 340 g/mol. The highest BCUT2D eigenvalue weighted by atomic mass is 32.2. The average molecular weight is 340 g/mol. The maximum Gasteiger partial charge on any atom is 0.410 e. The summed E-state index contributed by atoms with van der Waals surface area (Å²) in [6.45, 7) is 8.70. The molecule has 1 rings (SSSR count). The molecule has 1 heterocycles. The number of carbonyl (C=O) groups is 2. The van der Waals surface area contributed by atoms with Crippen LogP contribution < -0.4 is 5.32 Å². The number of thioether (sulfide) groups is 1. The zero-order valence-corrected chi connectivity index (χ0v) is 15.5. The topological polar surface area (TPSA) is 58.6 Å². The Kier molecular flexibility index (Phi) is 7.68. The first-order valence-corrected chi connectivity index (χ1v) is 9.15. The van der Waals surface area contributed by atoms with Crippen molar-refractivity contribution in [2.75, 3.05) is 19.3 Å². The van der Waals surface area contributed by atoms with Gasteiger partial charge in [-0.25, -0.2) is 4.79 Å². The minimum atomic E-state index is -0.479. The van der Waals surface area contributed by atoms with Gasteiger partial charge in [0.05, 0.1) is 4.91 Å². The number of nitrogens with zero attached hydrogens (tertiary/aromatic N) is 1. The van der Waals surface area contributed by atoms with E-state index in [4.69, 9.17) is 4.74 Å². The summed E-state index contributed by atoms with van der Waals surface area (Å²) in [4.78, 5) is 26.6. The van der Waals surface area contributed by atoms with Crippen molar-refractivity contribution in [3.05, 3.63) is 23.1 Å².